The zero-order valence-electron chi connectivity index (χ0n) is 16.7. The van der Waals surface area contributed by atoms with Crippen LogP contribution < -0.4 is 4.90 Å². The summed E-state index contributed by atoms with van der Waals surface area (Å²) >= 11 is 0. The number of hydrogen-bond acceptors (Lipinski definition) is 5. The van der Waals surface area contributed by atoms with Crippen molar-refractivity contribution in [3.63, 3.8) is 0 Å². The highest BCUT2D eigenvalue weighted by Gasteiger charge is 2.31. The summed E-state index contributed by atoms with van der Waals surface area (Å²) in [5.74, 6) is 0.566. The molecule has 0 spiro atoms. The van der Waals surface area contributed by atoms with Crippen molar-refractivity contribution in [3.05, 3.63) is 65.5 Å². The van der Waals surface area contributed by atoms with Crippen molar-refractivity contribution in [1.29, 1.82) is 5.26 Å². The number of alkyl halides is 3. The summed E-state index contributed by atoms with van der Waals surface area (Å²) < 4.78 is 38.3. The molecule has 0 bridgehead atoms. The molecule has 1 aliphatic rings. The number of aromatic nitrogens is 3. The SMILES string of the molecule is N#Cc1ccc(-c2n[nH]cc2CN2CCCN(c3ccc(C(F)(F)F)cn3)CC2)cc1. The van der Waals surface area contributed by atoms with Crippen molar-refractivity contribution < 1.29 is 13.2 Å². The van der Waals surface area contributed by atoms with Crippen LogP contribution in [-0.4, -0.2) is 46.3 Å². The third kappa shape index (κ3) is 4.86. The maximum Gasteiger partial charge on any atom is 0.417 e. The molecule has 3 heterocycles. The van der Waals surface area contributed by atoms with E-state index in [1.807, 2.05) is 23.2 Å². The van der Waals surface area contributed by atoms with Crippen LogP contribution >= 0.6 is 0 Å². The Morgan fingerprint density at radius 1 is 1.03 bits per heavy atom. The van der Waals surface area contributed by atoms with Gasteiger partial charge in [-0.1, -0.05) is 12.1 Å². The van der Waals surface area contributed by atoms with E-state index in [1.54, 1.807) is 12.1 Å². The number of anilines is 1. The number of H-pyrrole nitrogens is 1. The Morgan fingerprint density at radius 2 is 1.84 bits per heavy atom. The number of aromatic amines is 1. The molecule has 31 heavy (non-hydrogen) atoms. The van der Waals surface area contributed by atoms with Gasteiger partial charge in [0.15, 0.2) is 0 Å². The fourth-order valence-electron chi connectivity index (χ4n) is 3.73. The van der Waals surface area contributed by atoms with Crippen LogP contribution in [0.15, 0.2) is 48.8 Å². The van der Waals surface area contributed by atoms with Gasteiger partial charge in [-0.05, 0) is 30.7 Å². The van der Waals surface area contributed by atoms with Crippen molar-refractivity contribution in [2.75, 3.05) is 31.1 Å². The van der Waals surface area contributed by atoms with Crippen molar-refractivity contribution in [2.45, 2.75) is 19.1 Å². The predicted octanol–water partition coefficient (Wildman–Crippen LogP) is 4.07. The lowest BCUT2D eigenvalue weighted by molar-refractivity contribution is -0.137. The lowest BCUT2D eigenvalue weighted by Gasteiger charge is -2.23. The topological polar surface area (TPSA) is 71.8 Å². The highest BCUT2D eigenvalue weighted by molar-refractivity contribution is 5.63. The maximum absolute atomic E-state index is 12.8. The minimum absolute atomic E-state index is 0.566. The van der Waals surface area contributed by atoms with Crippen LogP contribution in [0.25, 0.3) is 11.3 Å². The molecule has 0 atom stereocenters. The molecule has 9 heteroatoms. The van der Waals surface area contributed by atoms with Crippen LogP contribution in [0.3, 0.4) is 0 Å². The van der Waals surface area contributed by atoms with Gasteiger partial charge in [0.2, 0.25) is 0 Å². The zero-order valence-corrected chi connectivity index (χ0v) is 16.7. The molecule has 4 rings (SSSR count). The summed E-state index contributed by atoms with van der Waals surface area (Å²) in [6.45, 7) is 3.76. The molecule has 6 nitrogen and oxygen atoms in total. The van der Waals surface area contributed by atoms with Gasteiger partial charge in [0.05, 0.1) is 22.9 Å². The van der Waals surface area contributed by atoms with Gasteiger partial charge in [-0.15, -0.1) is 0 Å². The van der Waals surface area contributed by atoms with Gasteiger partial charge >= 0.3 is 6.18 Å². The summed E-state index contributed by atoms with van der Waals surface area (Å²) in [6, 6.07) is 12.0. The van der Waals surface area contributed by atoms with Gasteiger partial charge in [0.25, 0.3) is 0 Å². The van der Waals surface area contributed by atoms with Gasteiger partial charge < -0.3 is 4.90 Å². The summed E-state index contributed by atoms with van der Waals surface area (Å²) in [5, 5.41) is 16.3. The normalized spacial score (nSPS) is 15.5. The second kappa shape index (κ2) is 8.78. The quantitative estimate of drug-likeness (QED) is 0.681. The van der Waals surface area contributed by atoms with Crippen LogP contribution in [-0.2, 0) is 12.7 Å². The van der Waals surface area contributed by atoms with E-state index in [1.165, 1.54) is 6.07 Å². The van der Waals surface area contributed by atoms with Crippen LogP contribution in [0.4, 0.5) is 19.0 Å². The maximum atomic E-state index is 12.8. The lowest BCUT2D eigenvalue weighted by Crippen LogP contribution is -2.31. The van der Waals surface area contributed by atoms with Crippen molar-refractivity contribution >= 4 is 5.82 Å². The van der Waals surface area contributed by atoms with Gasteiger partial charge in [-0.3, -0.25) is 10.00 Å². The van der Waals surface area contributed by atoms with E-state index in [4.69, 9.17) is 5.26 Å². The first-order valence-electron chi connectivity index (χ1n) is 9.98. The van der Waals surface area contributed by atoms with Crippen LogP contribution in [0, 0.1) is 11.3 Å². The molecular weight excluding hydrogens is 405 g/mol. The third-order valence-electron chi connectivity index (χ3n) is 5.39. The number of halogens is 3. The summed E-state index contributed by atoms with van der Waals surface area (Å²) in [7, 11) is 0. The van der Waals surface area contributed by atoms with Gasteiger partial charge in [0, 0.05) is 56.2 Å². The molecular formula is C22H21F3N6. The highest BCUT2D eigenvalue weighted by atomic mass is 19.4. The Hall–Kier alpha value is -3.38. The predicted molar refractivity (Wildman–Crippen MR) is 110 cm³/mol. The van der Waals surface area contributed by atoms with E-state index >= 15 is 0 Å². The van der Waals surface area contributed by atoms with Crippen LogP contribution in [0.5, 0.6) is 0 Å². The Balaban J connectivity index is 1.41. The summed E-state index contributed by atoms with van der Waals surface area (Å²) in [5.41, 5.74) is 2.73. The number of nitriles is 1. The molecule has 1 aliphatic heterocycles. The molecule has 0 unspecified atom stereocenters. The molecule has 0 aliphatic carbocycles. The minimum Gasteiger partial charge on any atom is -0.355 e. The van der Waals surface area contributed by atoms with Crippen molar-refractivity contribution in [1.82, 2.24) is 20.1 Å². The van der Waals surface area contributed by atoms with E-state index in [2.05, 4.69) is 26.2 Å². The van der Waals surface area contributed by atoms with E-state index in [0.717, 1.165) is 55.1 Å². The first-order chi connectivity index (χ1) is 14.9. The fraction of sp³-hybridized carbons (Fsp3) is 0.318. The largest absolute Gasteiger partial charge is 0.417 e. The highest BCUT2D eigenvalue weighted by Crippen LogP contribution is 2.29. The van der Waals surface area contributed by atoms with E-state index in [0.29, 0.717) is 24.5 Å². The Morgan fingerprint density at radius 3 is 2.52 bits per heavy atom. The molecule has 3 aromatic rings. The number of benzene rings is 1. The molecule has 0 amide bonds. The van der Waals surface area contributed by atoms with Crippen molar-refractivity contribution in [3.8, 4) is 17.3 Å². The molecule has 2 aromatic heterocycles. The fourth-order valence-corrected chi connectivity index (χ4v) is 3.73. The smallest absolute Gasteiger partial charge is 0.355 e. The average Bonchev–Trinajstić information content (AvgIpc) is 3.10. The standard InChI is InChI=1S/C22H21F3N6/c23-22(24,25)19-6-7-20(27-14-19)31-9-1-8-30(10-11-31)15-18-13-28-29-21(18)17-4-2-16(12-26)3-5-17/h2-7,13-14H,1,8-11,15H2,(H,28,29). The molecule has 0 radical (unpaired) electrons. The minimum atomic E-state index is -4.38. The molecule has 160 valence electrons. The number of rotatable bonds is 4. The molecule has 1 aromatic carbocycles. The second-order valence-electron chi connectivity index (χ2n) is 7.47. The monoisotopic (exact) mass is 426 g/mol. The summed E-state index contributed by atoms with van der Waals surface area (Å²) in [6.07, 6.45) is -0.716. The molecule has 0 saturated carbocycles. The summed E-state index contributed by atoms with van der Waals surface area (Å²) in [4.78, 5) is 8.36. The van der Waals surface area contributed by atoms with Gasteiger partial charge in [-0.2, -0.15) is 23.5 Å². The van der Waals surface area contributed by atoms with E-state index < -0.39 is 11.7 Å². The number of hydrogen-bond donors (Lipinski definition) is 1. The average molecular weight is 426 g/mol. The van der Waals surface area contributed by atoms with Crippen LogP contribution in [0.2, 0.25) is 0 Å². The first-order valence-corrected chi connectivity index (χ1v) is 9.98. The second-order valence-corrected chi connectivity index (χ2v) is 7.47. The molecule has 1 fully saturated rings. The van der Waals surface area contributed by atoms with E-state index in [9.17, 15) is 13.2 Å². The molecule has 1 saturated heterocycles. The zero-order chi connectivity index (χ0) is 21.8. The first kappa shape index (κ1) is 20.9. The molecule has 1 N–H and O–H groups in total. The number of nitrogens with one attached hydrogen (secondary N) is 1. The number of pyridine rings is 1. The van der Waals surface area contributed by atoms with Gasteiger partial charge in [0.1, 0.15) is 5.82 Å². The van der Waals surface area contributed by atoms with Crippen LogP contribution in [0.1, 0.15) is 23.1 Å². The third-order valence-corrected chi connectivity index (χ3v) is 5.39. The Labute approximate surface area is 177 Å². The Bertz CT molecular complexity index is 1050. The number of nitrogens with zero attached hydrogens (tertiary/aromatic N) is 5. The van der Waals surface area contributed by atoms with Gasteiger partial charge in [-0.25, -0.2) is 4.98 Å². The van der Waals surface area contributed by atoms with Crippen molar-refractivity contribution in [2.24, 2.45) is 0 Å². The Kier molecular flexibility index (Phi) is 5.91. The lowest BCUT2D eigenvalue weighted by atomic mass is 10.1. The van der Waals surface area contributed by atoms with E-state index in [-0.39, 0.29) is 0 Å².